The number of benzene rings is 1. The lowest BCUT2D eigenvalue weighted by atomic mass is 9.90. The van der Waals surface area contributed by atoms with Crippen molar-refractivity contribution < 1.29 is 19.8 Å². The maximum absolute atomic E-state index is 11.2. The number of aliphatic carboxylic acids is 2. The Morgan fingerprint density at radius 1 is 1.25 bits per heavy atom. The van der Waals surface area contributed by atoms with Crippen molar-refractivity contribution in [2.24, 2.45) is 5.92 Å². The first-order valence-electron chi connectivity index (χ1n) is 5.12. The molecule has 0 saturated carbocycles. The second kappa shape index (κ2) is 3.96. The number of rotatable bonds is 3. The summed E-state index contributed by atoms with van der Waals surface area (Å²) in [4.78, 5) is 21.8. The van der Waals surface area contributed by atoms with Gasteiger partial charge < -0.3 is 10.2 Å². The highest BCUT2D eigenvalue weighted by Gasteiger charge is 2.38. The van der Waals surface area contributed by atoms with Crippen molar-refractivity contribution in [3.8, 4) is 0 Å². The average molecular weight is 220 g/mol. The molecule has 2 atom stereocenters. The van der Waals surface area contributed by atoms with Gasteiger partial charge in [0, 0.05) is 6.42 Å². The normalized spacial score (nSPS) is 22.8. The van der Waals surface area contributed by atoms with Gasteiger partial charge in [0.15, 0.2) is 0 Å². The maximum Gasteiger partial charge on any atom is 0.311 e. The zero-order valence-electron chi connectivity index (χ0n) is 8.59. The van der Waals surface area contributed by atoms with Gasteiger partial charge >= 0.3 is 11.9 Å². The molecule has 0 bridgehead atoms. The Hall–Kier alpha value is -1.84. The number of carbonyl (C=O) groups is 2. The van der Waals surface area contributed by atoms with Crippen molar-refractivity contribution in [1.82, 2.24) is 0 Å². The number of fused-ring (bicyclic) bond motifs is 1. The largest absolute Gasteiger partial charge is 0.481 e. The van der Waals surface area contributed by atoms with E-state index in [9.17, 15) is 9.59 Å². The van der Waals surface area contributed by atoms with Crippen molar-refractivity contribution in [3.05, 3.63) is 35.4 Å². The van der Waals surface area contributed by atoms with Gasteiger partial charge in [-0.25, -0.2) is 0 Å². The van der Waals surface area contributed by atoms with E-state index in [0.29, 0.717) is 6.42 Å². The summed E-state index contributed by atoms with van der Waals surface area (Å²) in [5.41, 5.74) is 1.72. The Balaban J connectivity index is 2.33. The van der Waals surface area contributed by atoms with E-state index in [4.69, 9.17) is 10.2 Å². The molecule has 0 radical (unpaired) electrons. The molecule has 0 amide bonds. The molecule has 2 rings (SSSR count). The lowest BCUT2D eigenvalue weighted by Crippen LogP contribution is -2.20. The van der Waals surface area contributed by atoms with E-state index in [1.807, 2.05) is 12.1 Å². The molecular formula is C12H12O4. The van der Waals surface area contributed by atoms with E-state index in [2.05, 4.69) is 0 Å². The fourth-order valence-electron chi connectivity index (χ4n) is 2.43. The van der Waals surface area contributed by atoms with Gasteiger partial charge in [-0.3, -0.25) is 9.59 Å². The first-order chi connectivity index (χ1) is 7.59. The first kappa shape index (κ1) is 10.7. The van der Waals surface area contributed by atoms with Gasteiger partial charge in [-0.15, -0.1) is 0 Å². The lowest BCUT2D eigenvalue weighted by molar-refractivity contribution is -0.141. The third-order valence-electron chi connectivity index (χ3n) is 3.05. The van der Waals surface area contributed by atoms with Gasteiger partial charge in [0.25, 0.3) is 0 Å². The van der Waals surface area contributed by atoms with Crippen molar-refractivity contribution in [1.29, 1.82) is 0 Å². The second-order valence-electron chi connectivity index (χ2n) is 4.08. The van der Waals surface area contributed by atoms with Gasteiger partial charge in [-0.05, 0) is 23.5 Å². The summed E-state index contributed by atoms with van der Waals surface area (Å²) in [6.07, 6.45) is 0.449. The standard InChI is InChI=1S/C12H12O4/c13-10(14)6-8-5-7-3-1-2-4-9(7)11(8)12(15)16/h1-4,8,11H,5-6H2,(H,13,14)(H,15,16)/t8-,11+/m1/s1. The second-order valence-corrected chi connectivity index (χ2v) is 4.08. The molecular weight excluding hydrogens is 208 g/mol. The first-order valence-corrected chi connectivity index (χ1v) is 5.12. The van der Waals surface area contributed by atoms with E-state index in [1.54, 1.807) is 12.1 Å². The van der Waals surface area contributed by atoms with Crippen LogP contribution in [0.25, 0.3) is 0 Å². The highest BCUT2D eigenvalue weighted by atomic mass is 16.4. The minimum Gasteiger partial charge on any atom is -0.481 e. The quantitative estimate of drug-likeness (QED) is 0.809. The van der Waals surface area contributed by atoms with Crippen LogP contribution < -0.4 is 0 Å². The van der Waals surface area contributed by atoms with Crippen LogP contribution in [0, 0.1) is 5.92 Å². The molecule has 0 spiro atoms. The predicted octanol–water partition coefficient (Wildman–Crippen LogP) is 1.50. The summed E-state index contributed by atoms with van der Waals surface area (Å²) < 4.78 is 0. The molecule has 2 N–H and O–H groups in total. The van der Waals surface area contributed by atoms with Gasteiger partial charge in [-0.1, -0.05) is 24.3 Å². The monoisotopic (exact) mass is 220 g/mol. The van der Waals surface area contributed by atoms with Crippen LogP contribution in [-0.4, -0.2) is 22.2 Å². The minimum absolute atomic E-state index is 0.0916. The fraction of sp³-hybridized carbons (Fsp3) is 0.333. The van der Waals surface area contributed by atoms with Crippen LogP contribution in [0.5, 0.6) is 0 Å². The zero-order valence-corrected chi connectivity index (χ0v) is 8.59. The van der Waals surface area contributed by atoms with Gasteiger partial charge in [-0.2, -0.15) is 0 Å². The Bertz CT molecular complexity index is 438. The number of carboxylic acids is 2. The van der Waals surface area contributed by atoms with E-state index in [-0.39, 0.29) is 12.3 Å². The smallest absolute Gasteiger partial charge is 0.311 e. The van der Waals surface area contributed by atoms with Crippen LogP contribution in [0.4, 0.5) is 0 Å². The molecule has 0 aromatic heterocycles. The summed E-state index contributed by atoms with van der Waals surface area (Å²) in [5.74, 6) is -2.88. The van der Waals surface area contributed by atoms with E-state index in [1.165, 1.54) is 0 Å². The average Bonchev–Trinajstić information content (AvgIpc) is 2.53. The van der Waals surface area contributed by atoms with Crippen LogP contribution in [-0.2, 0) is 16.0 Å². The van der Waals surface area contributed by atoms with Crippen LogP contribution in [0.15, 0.2) is 24.3 Å². The molecule has 0 saturated heterocycles. The molecule has 1 aromatic rings. The van der Waals surface area contributed by atoms with Crippen molar-refractivity contribution in [2.45, 2.75) is 18.8 Å². The van der Waals surface area contributed by atoms with E-state index < -0.39 is 17.9 Å². The summed E-state index contributed by atoms with van der Waals surface area (Å²) >= 11 is 0. The van der Waals surface area contributed by atoms with Crippen molar-refractivity contribution in [2.75, 3.05) is 0 Å². The molecule has 0 unspecified atom stereocenters. The number of carboxylic acid groups (broad SMARTS) is 2. The molecule has 4 heteroatoms. The molecule has 84 valence electrons. The van der Waals surface area contributed by atoms with Crippen LogP contribution >= 0.6 is 0 Å². The molecule has 1 aliphatic rings. The lowest BCUT2D eigenvalue weighted by Gasteiger charge is -2.13. The summed E-state index contributed by atoms with van der Waals surface area (Å²) in [6.45, 7) is 0. The Kier molecular flexibility index (Phi) is 2.64. The molecule has 16 heavy (non-hydrogen) atoms. The predicted molar refractivity (Wildman–Crippen MR) is 56.3 cm³/mol. The fourth-order valence-corrected chi connectivity index (χ4v) is 2.43. The topological polar surface area (TPSA) is 74.6 Å². The van der Waals surface area contributed by atoms with Crippen molar-refractivity contribution in [3.63, 3.8) is 0 Å². The summed E-state index contributed by atoms with van der Waals surface area (Å²) in [5, 5.41) is 17.9. The van der Waals surface area contributed by atoms with Gasteiger partial charge in [0.2, 0.25) is 0 Å². The third kappa shape index (κ3) is 1.78. The molecule has 0 heterocycles. The Labute approximate surface area is 92.5 Å². The molecule has 4 nitrogen and oxygen atoms in total. The van der Waals surface area contributed by atoms with Crippen LogP contribution in [0.1, 0.15) is 23.5 Å². The summed E-state index contributed by atoms with van der Waals surface area (Å²) in [7, 11) is 0. The van der Waals surface area contributed by atoms with Gasteiger partial charge in [0.1, 0.15) is 0 Å². The number of hydrogen-bond acceptors (Lipinski definition) is 2. The zero-order chi connectivity index (χ0) is 11.7. The molecule has 1 aliphatic carbocycles. The Morgan fingerprint density at radius 3 is 2.56 bits per heavy atom. The van der Waals surface area contributed by atoms with Crippen LogP contribution in [0.2, 0.25) is 0 Å². The minimum atomic E-state index is -0.941. The molecule has 0 fully saturated rings. The van der Waals surface area contributed by atoms with E-state index in [0.717, 1.165) is 11.1 Å². The molecule has 1 aromatic carbocycles. The Morgan fingerprint density at radius 2 is 1.94 bits per heavy atom. The van der Waals surface area contributed by atoms with Gasteiger partial charge in [0.05, 0.1) is 5.92 Å². The third-order valence-corrected chi connectivity index (χ3v) is 3.05. The van der Waals surface area contributed by atoms with Crippen molar-refractivity contribution >= 4 is 11.9 Å². The maximum atomic E-state index is 11.2. The molecule has 0 aliphatic heterocycles. The SMILES string of the molecule is O=C(O)C[C@H]1Cc2ccccc2[C@H]1C(=O)O. The highest BCUT2D eigenvalue weighted by Crippen LogP contribution is 2.39. The highest BCUT2D eigenvalue weighted by molar-refractivity contribution is 5.80. The summed E-state index contributed by atoms with van der Waals surface area (Å²) in [6, 6.07) is 7.28. The van der Waals surface area contributed by atoms with Crippen LogP contribution in [0.3, 0.4) is 0 Å². The van der Waals surface area contributed by atoms with E-state index >= 15 is 0 Å². The number of hydrogen-bond donors (Lipinski definition) is 2.